The highest BCUT2D eigenvalue weighted by Crippen LogP contribution is 2.46. The third-order valence-electron chi connectivity index (χ3n) is 19.8. The summed E-state index contributed by atoms with van der Waals surface area (Å²) in [4.78, 5) is 0. The third-order valence-corrected chi connectivity index (χ3v) is 23.0. The fraction of sp³-hybridized carbons (Fsp3) is 1.00. The molecular weight excluding hydrogens is 1110 g/mol. The first kappa shape index (κ1) is 82.7. The Kier molecular flexibility index (Phi) is 47.3. The van der Waals surface area contributed by atoms with Crippen molar-refractivity contribution in [2.45, 2.75) is 373 Å². The van der Waals surface area contributed by atoms with E-state index in [9.17, 15) is 0 Å². The van der Waals surface area contributed by atoms with E-state index < -0.39 is 60.2 Å². The van der Waals surface area contributed by atoms with Gasteiger partial charge in [0.2, 0.25) is 0 Å². The highest BCUT2D eigenvalue weighted by molar-refractivity contribution is 6.37. The standard InChI is InChI=1S/3C24H48O4.2Al/c3*1-7-13-16-20(10-4)18-27-24(26,22(12-6)23(25)15-9-3)28-19-21(11-5)17-14-8-2;;/h3*20-23H,7-19H2,1-6H3;;/q3*-2;2*+3. The molecule has 0 saturated carbocycles. The molecule has 0 bridgehead atoms. The lowest BCUT2D eigenvalue weighted by Crippen LogP contribution is -2.65. The molecule has 0 radical (unpaired) electrons. The molecule has 2 aliphatic rings. The first-order valence-electron chi connectivity index (χ1n) is 37.6. The van der Waals surface area contributed by atoms with E-state index in [1.807, 2.05) is 0 Å². The van der Waals surface area contributed by atoms with Gasteiger partial charge in [-0.25, -0.2) is 0 Å². The Labute approximate surface area is 544 Å². The smallest absolute Gasteiger partial charge is 0.451 e. The third kappa shape index (κ3) is 28.3. The summed E-state index contributed by atoms with van der Waals surface area (Å²) in [6, 6.07) is 0. The normalized spacial score (nSPS) is 24.8. The van der Waals surface area contributed by atoms with Crippen LogP contribution < -0.4 is 0 Å². The molecule has 2 aliphatic heterocycles. The summed E-state index contributed by atoms with van der Waals surface area (Å²) in [5, 5.41) is 0. The van der Waals surface area contributed by atoms with Gasteiger partial charge in [-0.2, -0.15) is 0 Å². The average molecular weight is 1260 g/mol. The van der Waals surface area contributed by atoms with Gasteiger partial charge in [0.1, 0.15) is 0 Å². The minimum absolute atomic E-state index is 0.135. The minimum Gasteiger partial charge on any atom is -0.451 e. The zero-order chi connectivity index (χ0) is 63.6. The van der Waals surface area contributed by atoms with Crippen LogP contribution in [0.25, 0.3) is 0 Å². The molecular formula is C72H144Al2O12. The van der Waals surface area contributed by atoms with Gasteiger partial charge in [-0.05, 0) is 113 Å². The molecule has 2 saturated heterocycles. The molecule has 86 heavy (non-hydrogen) atoms. The van der Waals surface area contributed by atoms with E-state index in [0.717, 1.165) is 186 Å². The van der Waals surface area contributed by atoms with Gasteiger partial charge in [-0.3, -0.25) is 0 Å². The molecule has 0 aromatic carbocycles. The van der Waals surface area contributed by atoms with E-state index in [1.165, 1.54) is 12.8 Å². The number of unbranched alkanes of at least 4 members (excludes halogenated alkanes) is 6. The molecule has 0 aliphatic carbocycles. The Morgan fingerprint density at radius 2 is 0.674 bits per heavy atom. The van der Waals surface area contributed by atoms with Crippen molar-refractivity contribution in [2.75, 3.05) is 39.6 Å². The highest BCUT2D eigenvalue weighted by atomic mass is 27.3. The quantitative estimate of drug-likeness (QED) is 0.0427. The van der Waals surface area contributed by atoms with Crippen molar-refractivity contribution >= 4 is 30.3 Å². The average Bonchev–Trinajstić information content (AvgIpc) is 0.908. The van der Waals surface area contributed by atoms with Crippen molar-refractivity contribution in [3.63, 3.8) is 0 Å². The van der Waals surface area contributed by atoms with Crippen LogP contribution in [0.2, 0.25) is 0 Å². The molecule has 14 heteroatoms. The van der Waals surface area contributed by atoms with Crippen LogP contribution in [0.4, 0.5) is 0 Å². The molecule has 12 atom stereocenters. The lowest BCUT2D eigenvalue weighted by atomic mass is 9.92. The zero-order valence-electron chi connectivity index (χ0n) is 60.1. The molecule has 0 spiro atoms. The SMILES string of the molecule is CCCCC(CC)COC1(OCC(CC)CCCC)[O][Al]([O]C(CCC)C(CC)C(OCC(CC)CCCC)(OCC(CC)CCCC)[O][Al]2[O]C(CCC)C(CC)C(OCC(CC)CCCC)(OCC(CC)CCCC)[O]2)[O]C(CCC)C1CC. The largest absolute Gasteiger partial charge is 0.913 e. The molecule has 510 valence electrons. The fourth-order valence-corrected chi connectivity index (χ4v) is 17.1. The summed E-state index contributed by atoms with van der Waals surface area (Å²) in [6.07, 6.45) is 32.8. The summed E-state index contributed by atoms with van der Waals surface area (Å²) in [7, 11) is 0. The molecule has 2 heterocycles. The van der Waals surface area contributed by atoms with Gasteiger partial charge < -0.3 is 51.2 Å². The Morgan fingerprint density at radius 1 is 0.360 bits per heavy atom. The summed E-state index contributed by atoms with van der Waals surface area (Å²) >= 11 is -6.44. The van der Waals surface area contributed by atoms with E-state index in [0.29, 0.717) is 76.2 Å². The number of hydrogen-bond donors (Lipinski definition) is 0. The van der Waals surface area contributed by atoms with E-state index in [2.05, 4.69) is 125 Å². The predicted octanol–water partition coefficient (Wildman–Crippen LogP) is 21.0. The van der Waals surface area contributed by atoms with Gasteiger partial charge in [0.15, 0.2) is 0 Å². The maximum atomic E-state index is 7.92. The molecule has 0 N–H and O–H groups in total. The highest BCUT2D eigenvalue weighted by Gasteiger charge is 2.64. The summed E-state index contributed by atoms with van der Waals surface area (Å²) < 4.78 is 90.4. The fourth-order valence-electron chi connectivity index (χ4n) is 13.2. The molecule has 0 aromatic heterocycles. The second-order valence-corrected chi connectivity index (χ2v) is 29.2. The Bertz CT molecular complexity index is 1510. The van der Waals surface area contributed by atoms with Crippen molar-refractivity contribution in [2.24, 2.45) is 53.3 Å². The first-order valence-corrected chi connectivity index (χ1v) is 40.4. The molecule has 0 aromatic rings. The van der Waals surface area contributed by atoms with Gasteiger partial charge in [-0.15, -0.1) is 0 Å². The molecule has 0 amide bonds. The number of ether oxygens (including phenoxy) is 6. The van der Waals surface area contributed by atoms with Crippen LogP contribution in [-0.2, 0) is 51.2 Å². The Hall–Kier alpha value is 0.585. The lowest BCUT2D eigenvalue weighted by Gasteiger charge is -2.52. The molecule has 2 rings (SSSR count). The van der Waals surface area contributed by atoms with Crippen LogP contribution in [-0.4, -0.2) is 106 Å². The Morgan fingerprint density at radius 3 is 0.953 bits per heavy atom. The van der Waals surface area contributed by atoms with E-state index >= 15 is 0 Å². The lowest BCUT2D eigenvalue weighted by molar-refractivity contribution is -0.435. The minimum atomic E-state index is -3.33. The van der Waals surface area contributed by atoms with Crippen LogP contribution in [0.15, 0.2) is 0 Å². The van der Waals surface area contributed by atoms with Crippen molar-refractivity contribution in [1.82, 2.24) is 0 Å². The molecule has 12 unspecified atom stereocenters. The van der Waals surface area contributed by atoms with Crippen LogP contribution in [0.3, 0.4) is 0 Å². The number of hydrogen-bond acceptors (Lipinski definition) is 12. The van der Waals surface area contributed by atoms with Crippen molar-refractivity contribution in [3.05, 3.63) is 0 Å². The second-order valence-electron chi connectivity index (χ2n) is 26.5. The first-order chi connectivity index (χ1) is 41.7. The predicted molar refractivity (Wildman–Crippen MR) is 359 cm³/mol. The van der Waals surface area contributed by atoms with Gasteiger partial charge in [0.05, 0.1) is 57.4 Å². The molecule has 2 fully saturated rings. The van der Waals surface area contributed by atoms with E-state index in [1.54, 1.807) is 0 Å². The Balaban J connectivity index is 3.14. The number of rotatable bonds is 57. The van der Waals surface area contributed by atoms with Crippen molar-refractivity contribution in [1.29, 1.82) is 0 Å². The monoisotopic (exact) mass is 1260 g/mol. The van der Waals surface area contributed by atoms with Crippen LogP contribution in [0, 0.1) is 53.3 Å². The zero-order valence-corrected chi connectivity index (χ0v) is 62.4. The van der Waals surface area contributed by atoms with Crippen LogP contribution in [0.5, 0.6) is 0 Å². The van der Waals surface area contributed by atoms with Gasteiger partial charge in [-0.1, -0.05) is 259 Å². The van der Waals surface area contributed by atoms with Crippen LogP contribution >= 0.6 is 0 Å². The second kappa shape index (κ2) is 49.2. The van der Waals surface area contributed by atoms with Crippen molar-refractivity contribution < 1.29 is 51.2 Å². The van der Waals surface area contributed by atoms with Crippen LogP contribution in [0.1, 0.15) is 337 Å². The van der Waals surface area contributed by atoms with Gasteiger partial charge in [0.25, 0.3) is 17.9 Å². The van der Waals surface area contributed by atoms with E-state index in [-0.39, 0.29) is 35.9 Å². The van der Waals surface area contributed by atoms with Crippen molar-refractivity contribution in [3.8, 4) is 0 Å². The summed E-state index contributed by atoms with van der Waals surface area (Å²) in [6.45, 7) is 44.0. The van der Waals surface area contributed by atoms with Gasteiger partial charge >= 0.3 is 30.3 Å². The molecule has 12 nitrogen and oxygen atoms in total. The maximum Gasteiger partial charge on any atom is 0.913 e. The maximum absolute atomic E-state index is 7.92. The summed E-state index contributed by atoms with van der Waals surface area (Å²) in [5.41, 5.74) is 0. The van der Waals surface area contributed by atoms with E-state index in [4.69, 9.17) is 51.2 Å². The topological polar surface area (TPSA) is 111 Å². The summed E-state index contributed by atoms with van der Waals surface area (Å²) in [5.74, 6) is -2.98. The van der Waals surface area contributed by atoms with Gasteiger partial charge in [0, 0.05) is 18.3 Å².